The Morgan fingerprint density at radius 1 is 1.10 bits per heavy atom. The number of benzene rings is 1. The van der Waals surface area contributed by atoms with Crippen molar-refractivity contribution in [3.8, 4) is 0 Å². The molecule has 1 aliphatic heterocycles. The lowest BCUT2D eigenvalue weighted by atomic mass is 9.61. The minimum absolute atomic E-state index is 0.00192. The summed E-state index contributed by atoms with van der Waals surface area (Å²) in [6.07, 6.45) is 7.65. The van der Waals surface area contributed by atoms with Gasteiger partial charge in [0.05, 0.1) is 5.54 Å². The van der Waals surface area contributed by atoms with Crippen LogP contribution < -0.4 is 0 Å². The number of hydrogen-bond donors (Lipinski definition) is 0. The van der Waals surface area contributed by atoms with E-state index in [0.717, 1.165) is 6.42 Å². The number of allylic oxidation sites excluding steroid dienone is 1. The molecule has 2 bridgehead atoms. The Labute approximate surface area is 120 Å². The van der Waals surface area contributed by atoms with E-state index in [2.05, 4.69) is 62.9 Å². The van der Waals surface area contributed by atoms with E-state index in [1.807, 2.05) is 6.08 Å². The molecule has 5 atom stereocenters. The van der Waals surface area contributed by atoms with Crippen molar-refractivity contribution in [2.75, 3.05) is 0 Å². The quantitative estimate of drug-likeness (QED) is 0.718. The van der Waals surface area contributed by atoms with Crippen molar-refractivity contribution < 1.29 is 0 Å². The average Bonchev–Trinajstić information content (AvgIpc) is 2.67. The first-order chi connectivity index (χ1) is 9.60. The first-order valence-corrected chi connectivity index (χ1v) is 7.39. The van der Waals surface area contributed by atoms with Gasteiger partial charge in [0, 0.05) is 17.3 Å². The predicted molar refractivity (Wildman–Crippen MR) is 80.4 cm³/mol. The first-order valence-electron chi connectivity index (χ1n) is 7.39. The Morgan fingerprint density at radius 2 is 1.80 bits per heavy atom. The fraction of sp³-hybridized carbons (Fsp3) is 0.444. The Balaban J connectivity index is 1.99. The summed E-state index contributed by atoms with van der Waals surface area (Å²) in [6.45, 7) is 8.61. The number of hydrogen-bond acceptors (Lipinski definition) is 2. The molecule has 0 saturated heterocycles. The molecule has 1 heterocycles. The molecule has 1 fully saturated rings. The number of fused-ring (bicyclic) bond motifs is 5. The zero-order valence-corrected chi connectivity index (χ0v) is 12.1. The van der Waals surface area contributed by atoms with E-state index >= 15 is 0 Å². The van der Waals surface area contributed by atoms with Crippen molar-refractivity contribution in [2.45, 2.75) is 31.3 Å². The van der Waals surface area contributed by atoms with Gasteiger partial charge in [-0.05, 0) is 18.9 Å². The number of azo groups is 1. The smallest absolute Gasteiger partial charge is 0.121 e. The van der Waals surface area contributed by atoms with Crippen LogP contribution in [0, 0.1) is 17.3 Å². The fourth-order valence-corrected chi connectivity index (χ4v) is 4.84. The molecule has 0 N–H and O–H groups in total. The van der Waals surface area contributed by atoms with Crippen LogP contribution in [0.5, 0.6) is 0 Å². The Hall–Kier alpha value is -1.70. The molecule has 4 rings (SSSR count). The van der Waals surface area contributed by atoms with E-state index in [4.69, 9.17) is 10.2 Å². The molecular weight excluding hydrogens is 244 g/mol. The van der Waals surface area contributed by atoms with E-state index in [9.17, 15) is 0 Å². The van der Waals surface area contributed by atoms with Crippen LogP contribution in [0.3, 0.4) is 0 Å². The molecule has 2 heteroatoms. The van der Waals surface area contributed by atoms with Gasteiger partial charge in [0.2, 0.25) is 0 Å². The molecular formula is C18H20N2. The van der Waals surface area contributed by atoms with Gasteiger partial charge in [-0.25, -0.2) is 0 Å². The van der Waals surface area contributed by atoms with Crippen LogP contribution in [-0.4, -0.2) is 5.54 Å². The summed E-state index contributed by atoms with van der Waals surface area (Å²) in [5.41, 5.74) is 0.989. The van der Waals surface area contributed by atoms with E-state index in [0.29, 0.717) is 11.8 Å². The van der Waals surface area contributed by atoms with Gasteiger partial charge in [-0.3, -0.25) is 0 Å². The van der Waals surface area contributed by atoms with E-state index in [-0.39, 0.29) is 16.5 Å². The molecule has 102 valence electrons. The topological polar surface area (TPSA) is 24.7 Å². The largest absolute Gasteiger partial charge is 0.185 e. The monoisotopic (exact) mass is 264 g/mol. The third kappa shape index (κ3) is 0.983. The second kappa shape index (κ2) is 3.49. The van der Waals surface area contributed by atoms with Crippen LogP contribution in [0.15, 0.2) is 65.4 Å². The van der Waals surface area contributed by atoms with Gasteiger partial charge in [0.25, 0.3) is 0 Å². The maximum absolute atomic E-state index is 4.86. The van der Waals surface area contributed by atoms with Gasteiger partial charge >= 0.3 is 0 Å². The van der Waals surface area contributed by atoms with Crippen LogP contribution in [0.1, 0.15) is 25.8 Å². The second-order valence-corrected chi connectivity index (χ2v) is 6.74. The lowest BCUT2D eigenvalue weighted by molar-refractivity contribution is 0.148. The van der Waals surface area contributed by atoms with E-state index in [1.165, 1.54) is 5.56 Å². The average molecular weight is 264 g/mol. The van der Waals surface area contributed by atoms with Crippen molar-refractivity contribution in [1.82, 2.24) is 0 Å². The maximum Gasteiger partial charge on any atom is 0.121 e. The summed E-state index contributed by atoms with van der Waals surface area (Å²) < 4.78 is 0. The molecule has 0 spiro atoms. The van der Waals surface area contributed by atoms with Gasteiger partial charge in [0.15, 0.2) is 0 Å². The second-order valence-electron chi connectivity index (χ2n) is 6.74. The lowest BCUT2D eigenvalue weighted by Gasteiger charge is -2.41. The normalized spacial score (nSPS) is 47.1. The van der Waals surface area contributed by atoms with Gasteiger partial charge < -0.3 is 0 Å². The van der Waals surface area contributed by atoms with Crippen molar-refractivity contribution in [2.24, 2.45) is 27.5 Å². The van der Waals surface area contributed by atoms with Crippen molar-refractivity contribution in [3.05, 3.63) is 60.7 Å². The Bertz CT molecular complexity index is 632. The molecule has 2 nitrogen and oxygen atoms in total. The summed E-state index contributed by atoms with van der Waals surface area (Å²) in [7, 11) is 0. The number of nitrogens with zero attached hydrogens (tertiary/aromatic N) is 2. The zero-order valence-electron chi connectivity index (χ0n) is 12.1. The summed E-state index contributed by atoms with van der Waals surface area (Å²) in [5.74, 6) is 1.00. The van der Waals surface area contributed by atoms with Gasteiger partial charge in [-0.1, -0.05) is 55.5 Å². The van der Waals surface area contributed by atoms with Gasteiger partial charge in [-0.15, -0.1) is 6.58 Å². The highest BCUT2D eigenvalue weighted by atomic mass is 15.3. The number of rotatable bonds is 3. The Kier molecular flexibility index (Phi) is 2.11. The highest BCUT2D eigenvalue weighted by Gasteiger charge is 2.77. The van der Waals surface area contributed by atoms with Crippen LogP contribution in [0.25, 0.3) is 0 Å². The van der Waals surface area contributed by atoms with Crippen LogP contribution in [0.4, 0.5) is 0 Å². The molecule has 0 amide bonds. The van der Waals surface area contributed by atoms with Crippen LogP contribution >= 0.6 is 0 Å². The Morgan fingerprint density at radius 3 is 2.40 bits per heavy atom. The third-order valence-electron chi connectivity index (χ3n) is 6.18. The fourth-order valence-electron chi connectivity index (χ4n) is 4.84. The summed E-state index contributed by atoms with van der Waals surface area (Å²) in [4.78, 5) is 0. The van der Waals surface area contributed by atoms with Crippen LogP contribution in [0.2, 0.25) is 0 Å². The standard InChI is InChI=1S/C18H20N2/c1-4-12-16(2)17(3)14-10-11-15(14)18(16,20-19-17)13-8-6-5-7-9-13/h4-11,14-15H,1,12H2,2-3H3/t14-,15+,16+,17+,18+/m1/s1. The van der Waals surface area contributed by atoms with Gasteiger partial charge in [0.1, 0.15) is 5.54 Å². The van der Waals surface area contributed by atoms with Crippen molar-refractivity contribution >= 4 is 0 Å². The third-order valence-corrected chi connectivity index (χ3v) is 6.18. The lowest BCUT2D eigenvalue weighted by Crippen LogP contribution is -2.45. The highest BCUT2D eigenvalue weighted by molar-refractivity contribution is 5.46. The molecule has 1 aromatic carbocycles. The summed E-state index contributed by atoms with van der Waals surface area (Å²) in [6, 6.07) is 10.7. The molecule has 1 saturated carbocycles. The van der Waals surface area contributed by atoms with Gasteiger partial charge in [-0.2, -0.15) is 10.2 Å². The minimum atomic E-state index is -0.212. The molecule has 0 radical (unpaired) electrons. The minimum Gasteiger partial charge on any atom is -0.185 e. The molecule has 3 aliphatic rings. The van der Waals surface area contributed by atoms with E-state index < -0.39 is 0 Å². The molecule has 0 aromatic heterocycles. The van der Waals surface area contributed by atoms with Crippen LogP contribution in [-0.2, 0) is 5.54 Å². The van der Waals surface area contributed by atoms with Crippen molar-refractivity contribution in [3.63, 3.8) is 0 Å². The van der Waals surface area contributed by atoms with E-state index in [1.54, 1.807) is 0 Å². The molecule has 0 unspecified atom stereocenters. The molecule has 20 heavy (non-hydrogen) atoms. The van der Waals surface area contributed by atoms with Crippen molar-refractivity contribution in [1.29, 1.82) is 0 Å². The highest BCUT2D eigenvalue weighted by Crippen LogP contribution is 2.74. The SMILES string of the molecule is C=CC[C@@]1(C)[C@@]2(C)N=N[C@@]1(c1ccccc1)[C@H]1C=C[C@H]12. The molecule has 2 aliphatic carbocycles. The predicted octanol–water partition coefficient (Wildman–Crippen LogP) is 4.50. The first kappa shape index (κ1) is 12.1. The summed E-state index contributed by atoms with van der Waals surface area (Å²) in [5, 5.41) is 9.62. The molecule has 1 aromatic rings. The summed E-state index contributed by atoms with van der Waals surface area (Å²) >= 11 is 0. The zero-order chi connectivity index (χ0) is 14.0. The maximum atomic E-state index is 4.86.